The Labute approximate surface area is 117 Å². The molecule has 0 aromatic heterocycles. The average Bonchev–Trinajstić information content (AvgIpc) is 2.81. The third-order valence-corrected chi connectivity index (χ3v) is 3.15. The monoisotopic (exact) mass is 277 g/mol. The van der Waals surface area contributed by atoms with E-state index in [1.54, 1.807) is 4.90 Å². The van der Waals surface area contributed by atoms with E-state index in [0.717, 1.165) is 5.69 Å². The molecule has 20 heavy (non-hydrogen) atoms. The Morgan fingerprint density at radius 1 is 1.35 bits per heavy atom. The number of benzene rings is 1. The van der Waals surface area contributed by atoms with Crippen LogP contribution in [0.2, 0.25) is 0 Å². The minimum absolute atomic E-state index is 0.0110. The van der Waals surface area contributed by atoms with E-state index in [-0.39, 0.29) is 24.6 Å². The third kappa shape index (κ3) is 3.71. The Balaban J connectivity index is 1.85. The van der Waals surface area contributed by atoms with Gasteiger partial charge in [-0.05, 0) is 18.6 Å². The fraction of sp³-hybridized carbons (Fsp3) is 0.429. The van der Waals surface area contributed by atoms with Crippen molar-refractivity contribution >= 4 is 17.6 Å². The summed E-state index contributed by atoms with van der Waals surface area (Å²) in [6, 6.07) is 8.93. The Morgan fingerprint density at radius 2 is 2.10 bits per heavy atom. The summed E-state index contributed by atoms with van der Waals surface area (Å²) in [4.78, 5) is 25.2. The van der Waals surface area contributed by atoms with Crippen LogP contribution in [-0.4, -0.2) is 42.8 Å². The van der Waals surface area contributed by atoms with E-state index in [1.165, 1.54) is 0 Å². The number of hydrogen-bond donors (Lipinski definition) is 3. The van der Waals surface area contributed by atoms with Crippen LogP contribution in [0.5, 0.6) is 0 Å². The van der Waals surface area contributed by atoms with Crippen molar-refractivity contribution in [3.05, 3.63) is 30.3 Å². The van der Waals surface area contributed by atoms with Crippen LogP contribution in [0.15, 0.2) is 30.3 Å². The number of rotatable bonds is 5. The van der Waals surface area contributed by atoms with E-state index in [4.69, 9.17) is 5.11 Å². The second-order valence-corrected chi connectivity index (χ2v) is 4.72. The number of carbonyl (C=O) groups excluding carboxylic acids is 2. The minimum atomic E-state index is -0.300. The zero-order valence-electron chi connectivity index (χ0n) is 11.2. The molecule has 0 radical (unpaired) electrons. The molecule has 2 rings (SSSR count). The van der Waals surface area contributed by atoms with Crippen LogP contribution >= 0.6 is 0 Å². The lowest BCUT2D eigenvalue weighted by Gasteiger charge is -2.17. The van der Waals surface area contributed by atoms with Crippen molar-refractivity contribution in [3.8, 4) is 0 Å². The first kappa shape index (κ1) is 14.3. The van der Waals surface area contributed by atoms with E-state index >= 15 is 0 Å². The fourth-order valence-electron chi connectivity index (χ4n) is 2.18. The number of nitrogens with one attached hydrogen (secondary N) is 2. The van der Waals surface area contributed by atoms with Gasteiger partial charge in [0, 0.05) is 31.8 Å². The molecule has 1 saturated heterocycles. The molecule has 0 bridgehead atoms. The van der Waals surface area contributed by atoms with E-state index < -0.39 is 0 Å². The van der Waals surface area contributed by atoms with Gasteiger partial charge >= 0.3 is 6.03 Å². The first-order chi connectivity index (χ1) is 9.70. The maximum atomic E-state index is 11.9. The second kappa shape index (κ2) is 6.91. The summed E-state index contributed by atoms with van der Waals surface area (Å²) in [5, 5.41) is 14.0. The number of aliphatic hydroxyl groups excluding tert-OH is 1. The number of urea groups is 1. The maximum Gasteiger partial charge on any atom is 0.315 e. The van der Waals surface area contributed by atoms with Crippen LogP contribution in [0, 0.1) is 0 Å². The summed E-state index contributed by atoms with van der Waals surface area (Å²) in [6.07, 6.45) is 0.829. The zero-order chi connectivity index (χ0) is 14.4. The van der Waals surface area contributed by atoms with E-state index in [1.807, 2.05) is 30.3 Å². The Kier molecular flexibility index (Phi) is 4.95. The molecular weight excluding hydrogens is 258 g/mol. The fourth-order valence-corrected chi connectivity index (χ4v) is 2.18. The predicted molar refractivity (Wildman–Crippen MR) is 75.4 cm³/mol. The lowest BCUT2D eigenvalue weighted by atomic mass is 10.2. The van der Waals surface area contributed by atoms with E-state index in [2.05, 4.69) is 10.6 Å². The van der Waals surface area contributed by atoms with Crippen molar-refractivity contribution in [2.45, 2.75) is 18.9 Å². The summed E-state index contributed by atoms with van der Waals surface area (Å²) < 4.78 is 0. The summed E-state index contributed by atoms with van der Waals surface area (Å²) in [5.74, 6) is 0.0110. The van der Waals surface area contributed by atoms with Crippen LogP contribution in [0.25, 0.3) is 0 Å². The van der Waals surface area contributed by atoms with Crippen molar-refractivity contribution in [2.24, 2.45) is 0 Å². The van der Waals surface area contributed by atoms with Crippen molar-refractivity contribution in [2.75, 3.05) is 24.6 Å². The van der Waals surface area contributed by atoms with Crippen LogP contribution in [0.4, 0.5) is 10.5 Å². The van der Waals surface area contributed by atoms with Gasteiger partial charge in [0.1, 0.15) is 0 Å². The number of nitrogens with zero attached hydrogens (tertiary/aromatic N) is 1. The highest BCUT2D eigenvalue weighted by atomic mass is 16.3. The molecule has 1 aromatic rings. The van der Waals surface area contributed by atoms with Crippen molar-refractivity contribution in [1.82, 2.24) is 10.6 Å². The molecule has 1 aliphatic heterocycles. The smallest absolute Gasteiger partial charge is 0.315 e. The normalized spacial score (nSPS) is 18.1. The molecule has 6 heteroatoms. The van der Waals surface area contributed by atoms with Gasteiger partial charge < -0.3 is 20.6 Å². The lowest BCUT2D eigenvalue weighted by Crippen LogP contribution is -2.43. The molecular formula is C14H19N3O3. The van der Waals surface area contributed by atoms with Crippen molar-refractivity contribution in [3.63, 3.8) is 0 Å². The van der Waals surface area contributed by atoms with Crippen molar-refractivity contribution < 1.29 is 14.7 Å². The van der Waals surface area contributed by atoms with Gasteiger partial charge in [0.2, 0.25) is 5.91 Å². The predicted octanol–water partition coefficient (Wildman–Crippen LogP) is 0.474. The molecule has 108 valence electrons. The standard InChI is InChI=1S/C14H19N3O3/c18-8-4-7-15-14(20)16-11-9-13(19)17(10-11)12-5-2-1-3-6-12/h1-3,5-6,11,18H,4,7-10H2,(H2,15,16,20)/t11-/m1/s1. The zero-order valence-corrected chi connectivity index (χ0v) is 11.2. The molecule has 3 N–H and O–H groups in total. The summed E-state index contributed by atoms with van der Waals surface area (Å²) in [7, 11) is 0. The van der Waals surface area contributed by atoms with Crippen LogP contribution in [0.3, 0.4) is 0 Å². The molecule has 1 aliphatic rings. The van der Waals surface area contributed by atoms with Crippen LogP contribution in [-0.2, 0) is 4.79 Å². The van der Waals surface area contributed by atoms with Gasteiger partial charge in [-0.25, -0.2) is 4.79 Å². The van der Waals surface area contributed by atoms with Gasteiger partial charge in [0.05, 0.1) is 6.04 Å². The molecule has 0 unspecified atom stereocenters. The third-order valence-electron chi connectivity index (χ3n) is 3.15. The minimum Gasteiger partial charge on any atom is -0.396 e. The number of hydrogen-bond acceptors (Lipinski definition) is 3. The van der Waals surface area contributed by atoms with Gasteiger partial charge in [-0.3, -0.25) is 4.79 Å². The molecule has 0 aliphatic carbocycles. The molecule has 0 saturated carbocycles. The summed E-state index contributed by atoms with van der Waals surface area (Å²) >= 11 is 0. The topological polar surface area (TPSA) is 81.7 Å². The van der Waals surface area contributed by atoms with Crippen LogP contribution < -0.4 is 15.5 Å². The van der Waals surface area contributed by atoms with Crippen LogP contribution in [0.1, 0.15) is 12.8 Å². The Morgan fingerprint density at radius 3 is 2.80 bits per heavy atom. The largest absolute Gasteiger partial charge is 0.396 e. The van der Waals surface area contributed by atoms with Crippen molar-refractivity contribution in [1.29, 1.82) is 0 Å². The highest BCUT2D eigenvalue weighted by Gasteiger charge is 2.31. The molecule has 1 atom stereocenters. The maximum absolute atomic E-state index is 11.9. The first-order valence-electron chi connectivity index (χ1n) is 6.71. The summed E-state index contributed by atoms with van der Waals surface area (Å²) in [6.45, 7) is 0.950. The SMILES string of the molecule is O=C(NCCCO)N[C@@H]1CC(=O)N(c2ccccc2)C1. The molecule has 3 amide bonds. The van der Waals surface area contributed by atoms with Gasteiger partial charge in [0.25, 0.3) is 0 Å². The van der Waals surface area contributed by atoms with Gasteiger partial charge in [-0.2, -0.15) is 0 Å². The Hall–Kier alpha value is -2.08. The Bertz CT molecular complexity index is 464. The highest BCUT2D eigenvalue weighted by Crippen LogP contribution is 2.20. The molecule has 6 nitrogen and oxygen atoms in total. The molecule has 0 spiro atoms. The van der Waals surface area contributed by atoms with Gasteiger partial charge in [0.15, 0.2) is 0 Å². The molecule has 1 aromatic carbocycles. The first-order valence-corrected chi connectivity index (χ1v) is 6.71. The molecule has 1 heterocycles. The number of anilines is 1. The molecule has 1 fully saturated rings. The number of para-hydroxylation sites is 1. The van der Waals surface area contributed by atoms with E-state index in [0.29, 0.717) is 25.9 Å². The quantitative estimate of drug-likeness (QED) is 0.684. The highest BCUT2D eigenvalue weighted by molar-refractivity contribution is 5.96. The second-order valence-electron chi connectivity index (χ2n) is 4.72. The average molecular weight is 277 g/mol. The lowest BCUT2D eigenvalue weighted by molar-refractivity contribution is -0.117. The number of aliphatic hydroxyl groups is 1. The number of carbonyl (C=O) groups is 2. The number of amides is 3. The van der Waals surface area contributed by atoms with Gasteiger partial charge in [-0.15, -0.1) is 0 Å². The van der Waals surface area contributed by atoms with Gasteiger partial charge in [-0.1, -0.05) is 18.2 Å². The summed E-state index contributed by atoms with van der Waals surface area (Å²) in [5.41, 5.74) is 0.850. The van der Waals surface area contributed by atoms with E-state index in [9.17, 15) is 9.59 Å².